The molecule has 0 aliphatic rings. The van der Waals surface area contributed by atoms with E-state index in [9.17, 15) is 8.78 Å². The van der Waals surface area contributed by atoms with Gasteiger partial charge >= 0.3 is 0 Å². The van der Waals surface area contributed by atoms with E-state index in [4.69, 9.17) is 0 Å². The van der Waals surface area contributed by atoms with Gasteiger partial charge in [0.1, 0.15) is 11.7 Å². The highest BCUT2D eigenvalue weighted by Gasteiger charge is 2.13. The van der Waals surface area contributed by atoms with E-state index in [1.807, 2.05) is 6.08 Å². The molecule has 0 N–H and O–H groups in total. The maximum Gasteiger partial charge on any atom is 0.133 e. The van der Waals surface area contributed by atoms with Crippen LogP contribution in [0, 0.1) is 5.92 Å². The summed E-state index contributed by atoms with van der Waals surface area (Å²) in [7, 11) is 0. The average molecular weight is 294 g/mol. The summed E-state index contributed by atoms with van der Waals surface area (Å²) in [5.41, 5.74) is 1.40. The van der Waals surface area contributed by atoms with Crippen molar-refractivity contribution in [2.24, 2.45) is 5.92 Å². The largest absolute Gasteiger partial charge is 0.207 e. The number of halogens is 2. The van der Waals surface area contributed by atoms with Crippen molar-refractivity contribution in [3.63, 3.8) is 0 Å². The van der Waals surface area contributed by atoms with Gasteiger partial charge in [-0.3, -0.25) is 0 Å². The quantitative estimate of drug-likeness (QED) is 0.444. The molecule has 0 radical (unpaired) electrons. The number of hydrogen-bond donors (Lipinski definition) is 0. The number of allylic oxidation sites excluding steroid dienone is 10. The molecular formula is C19H28F2. The molecule has 0 amide bonds. The summed E-state index contributed by atoms with van der Waals surface area (Å²) < 4.78 is 28.3. The molecule has 0 saturated heterocycles. The fraction of sp³-hybridized carbons (Fsp3) is 0.474. The van der Waals surface area contributed by atoms with Gasteiger partial charge in [-0.25, -0.2) is 8.78 Å². The molecule has 0 atom stereocenters. The molecule has 0 aromatic carbocycles. The summed E-state index contributed by atoms with van der Waals surface area (Å²) in [6, 6.07) is 0. The molecule has 0 fully saturated rings. The third-order valence-corrected chi connectivity index (χ3v) is 2.95. The molecule has 0 saturated carbocycles. The van der Waals surface area contributed by atoms with E-state index in [0.29, 0.717) is 11.5 Å². The first-order chi connectivity index (χ1) is 9.83. The molecule has 0 nitrogen and oxygen atoms in total. The molecule has 118 valence electrons. The van der Waals surface area contributed by atoms with E-state index in [1.54, 1.807) is 39.8 Å². The second kappa shape index (κ2) is 10.3. The molecule has 0 aliphatic carbocycles. The monoisotopic (exact) mass is 294 g/mol. The van der Waals surface area contributed by atoms with Crippen molar-refractivity contribution in [1.29, 1.82) is 0 Å². The minimum absolute atomic E-state index is 0.0296. The highest BCUT2D eigenvalue weighted by molar-refractivity contribution is 5.52. The van der Waals surface area contributed by atoms with E-state index < -0.39 is 11.7 Å². The Morgan fingerprint density at radius 3 is 2.10 bits per heavy atom. The standard InChI is InChI=1S/C19H28F2/c1-7-16(12-10-9-11-14(3)4)19(17(20)8-2)18(21)13-15(5)6/h7-8,10,12-14H,9,11H2,1-6H3/b12-10-,16-7+,17-8+,19-18+. The molecule has 21 heavy (non-hydrogen) atoms. The van der Waals surface area contributed by atoms with Crippen molar-refractivity contribution in [2.75, 3.05) is 0 Å². The van der Waals surface area contributed by atoms with Crippen LogP contribution in [-0.2, 0) is 0 Å². The van der Waals surface area contributed by atoms with Gasteiger partial charge in [0.05, 0.1) is 5.57 Å². The van der Waals surface area contributed by atoms with E-state index in [1.165, 1.54) is 12.2 Å². The lowest BCUT2D eigenvalue weighted by molar-refractivity contribution is 0.594. The predicted molar refractivity (Wildman–Crippen MR) is 89.4 cm³/mol. The van der Waals surface area contributed by atoms with Gasteiger partial charge in [-0.1, -0.05) is 43.7 Å². The van der Waals surface area contributed by atoms with Crippen LogP contribution in [0.5, 0.6) is 0 Å². The number of hydrogen-bond acceptors (Lipinski definition) is 0. The van der Waals surface area contributed by atoms with Gasteiger partial charge in [-0.15, -0.1) is 0 Å². The smallest absolute Gasteiger partial charge is 0.133 e. The summed E-state index contributed by atoms with van der Waals surface area (Å²) in [4.78, 5) is 0. The third kappa shape index (κ3) is 7.79. The first-order valence-corrected chi connectivity index (χ1v) is 7.53. The Hall–Kier alpha value is -1.44. The fourth-order valence-corrected chi connectivity index (χ4v) is 1.82. The Labute approximate surface area is 128 Å². The molecule has 2 heteroatoms. The molecule has 0 aromatic heterocycles. The molecule has 0 rings (SSSR count). The van der Waals surface area contributed by atoms with Crippen molar-refractivity contribution < 1.29 is 8.78 Å². The minimum Gasteiger partial charge on any atom is -0.207 e. The highest BCUT2D eigenvalue weighted by atomic mass is 19.1. The normalized spacial score (nSPS) is 14.7. The Kier molecular flexibility index (Phi) is 9.60. The van der Waals surface area contributed by atoms with E-state index in [-0.39, 0.29) is 5.57 Å². The summed E-state index contributed by atoms with van der Waals surface area (Å²) in [6.45, 7) is 11.3. The topological polar surface area (TPSA) is 0 Å². The predicted octanol–water partition coefficient (Wildman–Crippen LogP) is 6.99. The van der Waals surface area contributed by atoms with Crippen LogP contribution in [0.2, 0.25) is 0 Å². The first-order valence-electron chi connectivity index (χ1n) is 7.53. The second-order valence-corrected chi connectivity index (χ2v) is 5.70. The van der Waals surface area contributed by atoms with Gasteiger partial charge in [0.2, 0.25) is 0 Å². The van der Waals surface area contributed by atoms with Crippen LogP contribution in [0.15, 0.2) is 58.8 Å². The van der Waals surface area contributed by atoms with Crippen LogP contribution < -0.4 is 0 Å². The zero-order valence-corrected chi connectivity index (χ0v) is 14.1. The maximum absolute atomic E-state index is 14.3. The van der Waals surface area contributed by atoms with Gasteiger partial charge in [0.15, 0.2) is 0 Å². The van der Waals surface area contributed by atoms with Crippen molar-refractivity contribution in [3.05, 3.63) is 58.8 Å². The van der Waals surface area contributed by atoms with Crippen LogP contribution in [0.4, 0.5) is 8.78 Å². The molecule has 0 aliphatic heterocycles. The fourth-order valence-electron chi connectivity index (χ4n) is 1.82. The SMILES string of the molecule is C\C=C(F)/C(C(/C=C\CCC(C)C)=C/C)=C(/F)C=C(C)C. The Bertz CT molecular complexity index is 468. The van der Waals surface area contributed by atoms with Crippen molar-refractivity contribution >= 4 is 0 Å². The Morgan fingerprint density at radius 1 is 1.05 bits per heavy atom. The second-order valence-electron chi connectivity index (χ2n) is 5.70. The zero-order valence-electron chi connectivity index (χ0n) is 14.1. The van der Waals surface area contributed by atoms with Crippen LogP contribution in [0.25, 0.3) is 0 Å². The van der Waals surface area contributed by atoms with E-state index >= 15 is 0 Å². The van der Waals surface area contributed by atoms with Crippen LogP contribution in [0.1, 0.15) is 54.4 Å². The van der Waals surface area contributed by atoms with Gasteiger partial charge < -0.3 is 0 Å². The van der Waals surface area contributed by atoms with E-state index in [0.717, 1.165) is 18.4 Å². The minimum atomic E-state index is -0.536. The molecular weight excluding hydrogens is 266 g/mol. The van der Waals surface area contributed by atoms with Crippen molar-refractivity contribution in [2.45, 2.75) is 54.4 Å². The molecule has 0 bridgehead atoms. The number of rotatable bonds is 7. The maximum atomic E-state index is 14.3. The molecule has 0 unspecified atom stereocenters. The van der Waals surface area contributed by atoms with Gasteiger partial charge in [0, 0.05) is 0 Å². The van der Waals surface area contributed by atoms with Crippen LogP contribution >= 0.6 is 0 Å². The summed E-state index contributed by atoms with van der Waals surface area (Å²) >= 11 is 0. The lowest BCUT2D eigenvalue weighted by Gasteiger charge is -2.08. The summed E-state index contributed by atoms with van der Waals surface area (Å²) in [5, 5.41) is 0. The van der Waals surface area contributed by atoms with Gasteiger partial charge in [0.25, 0.3) is 0 Å². The van der Waals surface area contributed by atoms with Gasteiger partial charge in [-0.2, -0.15) is 0 Å². The van der Waals surface area contributed by atoms with Crippen LogP contribution in [-0.4, -0.2) is 0 Å². The Morgan fingerprint density at radius 2 is 1.67 bits per heavy atom. The van der Waals surface area contributed by atoms with E-state index in [2.05, 4.69) is 13.8 Å². The summed E-state index contributed by atoms with van der Waals surface area (Å²) in [6.07, 6.45) is 10.2. The zero-order chi connectivity index (χ0) is 16.4. The lowest BCUT2D eigenvalue weighted by atomic mass is 10.0. The molecule has 0 spiro atoms. The highest BCUT2D eigenvalue weighted by Crippen LogP contribution is 2.28. The molecule has 0 heterocycles. The van der Waals surface area contributed by atoms with Crippen molar-refractivity contribution in [3.8, 4) is 0 Å². The van der Waals surface area contributed by atoms with Crippen molar-refractivity contribution in [1.82, 2.24) is 0 Å². The first kappa shape index (κ1) is 19.6. The third-order valence-electron chi connectivity index (χ3n) is 2.95. The molecule has 0 aromatic rings. The lowest BCUT2D eigenvalue weighted by Crippen LogP contribution is -1.93. The van der Waals surface area contributed by atoms with Crippen LogP contribution in [0.3, 0.4) is 0 Å². The van der Waals surface area contributed by atoms with Gasteiger partial charge in [-0.05, 0) is 58.1 Å². The summed E-state index contributed by atoms with van der Waals surface area (Å²) in [5.74, 6) is -0.452. The average Bonchev–Trinajstić information content (AvgIpc) is 2.40. The Balaban J connectivity index is 5.46.